The molecule has 122 valence electrons. The molecule has 0 aliphatic carbocycles. The minimum atomic E-state index is -0.823. The summed E-state index contributed by atoms with van der Waals surface area (Å²) in [6.07, 6.45) is 0.487. The summed E-state index contributed by atoms with van der Waals surface area (Å²) < 4.78 is 1.13. The fraction of sp³-hybridized carbons (Fsp3) is 0.133. The largest absolute Gasteiger partial charge is 0.506 e. The summed E-state index contributed by atoms with van der Waals surface area (Å²) in [5.74, 6) is -1.30. The first kappa shape index (κ1) is 15.8. The molecular formula is C15H12N4O4S. The van der Waals surface area contributed by atoms with Crippen LogP contribution in [0.2, 0.25) is 0 Å². The Morgan fingerprint density at radius 3 is 2.92 bits per heavy atom. The molecule has 24 heavy (non-hydrogen) atoms. The fourth-order valence-electron chi connectivity index (χ4n) is 2.28. The van der Waals surface area contributed by atoms with Crippen molar-refractivity contribution in [1.29, 1.82) is 0 Å². The van der Waals surface area contributed by atoms with Crippen LogP contribution in [-0.2, 0) is 11.8 Å². The van der Waals surface area contributed by atoms with Gasteiger partial charge in [-0.2, -0.15) is 0 Å². The van der Waals surface area contributed by atoms with Crippen molar-refractivity contribution >= 4 is 34.6 Å². The Labute approximate surface area is 139 Å². The fourth-order valence-corrected chi connectivity index (χ4v) is 2.96. The van der Waals surface area contributed by atoms with Crippen LogP contribution in [0.4, 0.5) is 0 Å². The number of nitrogens with one attached hydrogen (secondary N) is 1. The zero-order valence-electron chi connectivity index (χ0n) is 12.5. The first-order chi connectivity index (χ1) is 11.5. The average Bonchev–Trinajstić information content (AvgIpc) is 3.12. The maximum absolute atomic E-state index is 12.3. The second kappa shape index (κ2) is 6.20. The Balaban J connectivity index is 2.25. The molecule has 0 atom stereocenters. The average molecular weight is 344 g/mol. The molecule has 0 aromatic carbocycles. The molecule has 0 fully saturated rings. The van der Waals surface area contributed by atoms with Crippen LogP contribution in [0.15, 0.2) is 28.4 Å². The van der Waals surface area contributed by atoms with E-state index in [-0.39, 0.29) is 17.6 Å². The van der Waals surface area contributed by atoms with Crippen LogP contribution in [0, 0.1) is 0 Å². The number of fused-ring (bicyclic) bond motifs is 1. The first-order valence-corrected chi connectivity index (χ1v) is 7.77. The highest BCUT2D eigenvalue weighted by Crippen LogP contribution is 2.29. The molecule has 8 nitrogen and oxygen atoms in total. The van der Waals surface area contributed by atoms with Gasteiger partial charge in [0.05, 0.1) is 16.8 Å². The molecule has 0 aliphatic rings. The molecule has 3 aromatic heterocycles. The van der Waals surface area contributed by atoms with Gasteiger partial charge in [-0.05, 0) is 17.5 Å². The summed E-state index contributed by atoms with van der Waals surface area (Å²) in [6.45, 7) is -0.255. The normalized spacial score (nSPS) is 10.7. The molecule has 2 N–H and O–H groups in total. The zero-order valence-corrected chi connectivity index (χ0v) is 13.3. The van der Waals surface area contributed by atoms with E-state index in [1.807, 2.05) is 17.5 Å². The summed E-state index contributed by atoms with van der Waals surface area (Å²) in [5, 5.41) is 22.8. The van der Waals surface area contributed by atoms with Crippen LogP contribution in [0.1, 0.15) is 10.4 Å². The lowest BCUT2D eigenvalue weighted by Gasteiger charge is -2.10. The number of aldehydes is 1. The number of hydrogen-bond donors (Lipinski definition) is 2. The number of hydrogen-bond acceptors (Lipinski definition) is 7. The Morgan fingerprint density at radius 1 is 1.46 bits per heavy atom. The summed E-state index contributed by atoms with van der Waals surface area (Å²) >= 11 is 1.45. The van der Waals surface area contributed by atoms with E-state index in [2.05, 4.69) is 15.5 Å². The third-order valence-corrected chi connectivity index (χ3v) is 4.34. The molecule has 1 amide bonds. The number of aromatic hydroxyl groups is 1. The van der Waals surface area contributed by atoms with Gasteiger partial charge in [-0.3, -0.25) is 14.2 Å². The van der Waals surface area contributed by atoms with E-state index in [4.69, 9.17) is 0 Å². The number of aryl methyl sites for hydroxylation is 1. The van der Waals surface area contributed by atoms with E-state index < -0.39 is 22.8 Å². The van der Waals surface area contributed by atoms with Crippen molar-refractivity contribution in [2.24, 2.45) is 7.05 Å². The van der Waals surface area contributed by atoms with Gasteiger partial charge in [-0.15, -0.1) is 21.5 Å². The van der Waals surface area contributed by atoms with E-state index in [9.17, 15) is 19.5 Å². The second-order valence-electron chi connectivity index (χ2n) is 4.91. The number of rotatable bonds is 4. The smallest absolute Gasteiger partial charge is 0.268 e. The molecule has 0 saturated heterocycles. The number of amides is 1. The minimum absolute atomic E-state index is 0.157. The molecule has 0 saturated carbocycles. The Kier molecular flexibility index (Phi) is 4.09. The highest BCUT2D eigenvalue weighted by atomic mass is 32.1. The van der Waals surface area contributed by atoms with Gasteiger partial charge in [0.1, 0.15) is 23.3 Å². The van der Waals surface area contributed by atoms with Gasteiger partial charge in [0, 0.05) is 7.05 Å². The van der Waals surface area contributed by atoms with Crippen molar-refractivity contribution < 1.29 is 14.7 Å². The van der Waals surface area contributed by atoms with E-state index in [0.717, 1.165) is 9.44 Å². The monoisotopic (exact) mass is 344 g/mol. The van der Waals surface area contributed by atoms with Crippen LogP contribution < -0.4 is 10.9 Å². The molecule has 0 spiro atoms. The molecule has 0 unspecified atom stereocenters. The minimum Gasteiger partial charge on any atom is -0.506 e. The van der Waals surface area contributed by atoms with Gasteiger partial charge in [-0.25, -0.2) is 0 Å². The third-order valence-electron chi connectivity index (χ3n) is 3.45. The Bertz CT molecular complexity index is 995. The van der Waals surface area contributed by atoms with Crippen LogP contribution in [-0.4, -0.2) is 38.6 Å². The van der Waals surface area contributed by atoms with E-state index in [0.29, 0.717) is 12.0 Å². The summed E-state index contributed by atoms with van der Waals surface area (Å²) in [6, 6.07) is 5.27. The number of thiophene rings is 1. The molecule has 0 bridgehead atoms. The number of aromatic nitrogens is 3. The van der Waals surface area contributed by atoms with Gasteiger partial charge >= 0.3 is 0 Å². The molecular weight excluding hydrogens is 332 g/mol. The van der Waals surface area contributed by atoms with Crippen molar-refractivity contribution in [3.63, 3.8) is 0 Å². The number of pyridine rings is 1. The van der Waals surface area contributed by atoms with Crippen LogP contribution in [0.3, 0.4) is 0 Å². The summed E-state index contributed by atoms with van der Waals surface area (Å²) in [7, 11) is 1.43. The SMILES string of the molecule is Cn1c(=O)c(C(=O)NCC=O)c(O)c2cc(-c3cccs3)nnc21. The lowest BCUT2D eigenvalue weighted by atomic mass is 10.1. The number of nitrogens with zero attached hydrogens (tertiary/aromatic N) is 3. The van der Waals surface area contributed by atoms with Gasteiger partial charge < -0.3 is 15.2 Å². The molecule has 0 aliphatic heterocycles. The zero-order chi connectivity index (χ0) is 17.3. The van der Waals surface area contributed by atoms with Gasteiger partial charge in [-0.1, -0.05) is 6.07 Å². The third kappa shape index (κ3) is 2.54. The molecule has 0 radical (unpaired) electrons. The quantitative estimate of drug-likeness (QED) is 0.673. The van der Waals surface area contributed by atoms with Gasteiger partial charge in [0.25, 0.3) is 11.5 Å². The number of carbonyl (C=O) groups is 2. The van der Waals surface area contributed by atoms with Crippen molar-refractivity contribution in [3.05, 3.63) is 39.5 Å². The Morgan fingerprint density at radius 2 is 2.25 bits per heavy atom. The van der Waals surface area contributed by atoms with E-state index in [1.54, 1.807) is 6.07 Å². The Hall–Kier alpha value is -3.07. The summed E-state index contributed by atoms with van der Waals surface area (Å²) in [5.41, 5.74) is -0.478. The summed E-state index contributed by atoms with van der Waals surface area (Å²) in [4.78, 5) is 35.6. The number of carbonyl (C=O) groups excluding carboxylic acids is 2. The molecule has 3 rings (SSSR count). The van der Waals surface area contributed by atoms with Crippen molar-refractivity contribution in [2.45, 2.75) is 0 Å². The van der Waals surface area contributed by atoms with Crippen LogP contribution in [0.5, 0.6) is 5.75 Å². The molecule has 3 heterocycles. The predicted octanol–water partition coefficient (Wildman–Crippen LogP) is 0.691. The molecule has 9 heteroatoms. The lowest BCUT2D eigenvalue weighted by molar-refractivity contribution is -0.107. The maximum atomic E-state index is 12.3. The van der Waals surface area contributed by atoms with Crippen molar-refractivity contribution in [3.8, 4) is 16.3 Å². The van der Waals surface area contributed by atoms with Gasteiger partial charge in [0.2, 0.25) is 0 Å². The van der Waals surface area contributed by atoms with Crippen molar-refractivity contribution in [1.82, 2.24) is 20.1 Å². The highest BCUT2D eigenvalue weighted by molar-refractivity contribution is 7.13. The van der Waals surface area contributed by atoms with E-state index >= 15 is 0 Å². The predicted molar refractivity (Wildman–Crippen MR) is 88.2 cm³/mol. The van der Waals surface area contributed by atoms with Crippen LogP contribution >= 0.6 is 11.3 Å². The second-order valence-corrected chi connectivity index (χ2v) is 5.86. The molecule has 3 aromatic rings. The standard InChI is InChI=1S/C15H12N4O4S/c1-19-13-8(7-9(17-18-13)10-3-2-6-24-10)12(21)11(15(19)23)14(22)16-4-5-20/h2-3,5-7,21H,4H2,1H3,(H,16,22). The van der Waals surface area contributed by atoms with Crippen molar-refractivity contribution in [2.75, 3.05) is 6.54 Å². The highest BCUT2D eigenvalue weighted by Gasteiger charge is 2.22. The van der Waals surface area contributed by atoms with E-state index in [1.165, 1.54) is 18.4 Å². The maximum Gasteiger partial charge on any atom is 0.268 e. The lowest BCUT2D eigenvalue weighted by Crippen LogP contribution is -2.33. The topological polar surface area (TPSA) is 114 Å². The van der Waals surface area contributed by atoms with Gasteiger partial charge in [0.15, 0.2) is 5.65 Å². The first-order valence-electron chi connectivity index (χ1n) is 6.89. The van der Waals surface area contributed by atoms with Crippen LogP contribution in [0.25, 0.3) is 21.6 Å².